The first kappa shape index (κ1) is 21.6. The van der Waals surface area contributed by atoms with Crippen molar-refractivity contribution in [1.82, 2.24) is 24.9 Å². The van der Waals surface area contributed by atoms with Crippen molar-refractivity contribution in [2.45, 2.75) is 47.2 Å². The lowest BCUT2D eigenvalue weighted by Gasteiger charge is -2.30. The summed E-state index contributed by atoms with van der Waals surface area (Å²) in [6.45, 7) is 8.80. The zero-order chi connectivity index (χ0) is 22.4. The molecule has 31 heavy (non-hydrogen) atoms. The van der Waals surface area contributed by atoms with E-state index in [1.54, 1.807) is 15.6 Å². The third-order valence-electron chi connectivity index (χ3n) is 5.75. The standard InChI is InChI=1S/C22H23Cl2N5O2/c1-5-29-20(13(4)26-27-29)15-9-17(23)14-6-7-28(22(31)18(14)19(15)24)10-16-11(2)8-12(3)25-21(16)30/h8-9H,5-7,10H2,1-4H3,(H,25,30). The Balaban J connectivity index is 1.79. The summed E-state index contributed by atoms with van der Waals surface area (Å²) in [5.41, 5.74) is 5.25. The number of benzene rings is 1. The predicted octanol–water partition coefficient (Wildman–Crippen LogP) is 4.08. The van der Waals surface area contributed by atoms with E-state index in [1.807, 2.05) is 33.8 Å². The first-order valence-electron chi connectivity index (χ1n) is 10.1. The van der Waals surface area contributed by atoms with Crippen LogP contribution in [0.2, 0.25) is 10.0 Å². The number of pyridine rings is 1. The van der Waals surface area contributed by atoms with E-state index >= 15 is 0 Å². The number of carbonyl (C=O) groups is 1. The van der Waals surface area contributed by atoms with Crippen molar-refractivity contribution in [2.24, 2.45) is 0 Å². The minimum absolute atomic E-state index is 0.178. The van der Waals surface area contributed by atoms with E-state index in [1.165, 1.54) is 0 Å². The minimum Gasteiger partial charge on any atom is -0.334 e. The average Bonchev–Trinajstić information content (AvgIpc) is 3.08. The molecule has 0 unspecified atom stereocenters. The van der Waals surface area contributed by atoms with E-state index < -0.39 is 0 Å². The molecule has 0 saturated carbocycles. The summed E-state index contributed by atoms with van der Waals surface area (Å²) in [7, 11) is 0. The molecule has 4 rings (SSSR count). The number of amides is 1. The van der Waals surface area contributed by atoms with Crippen molar-refractivity contribution in [3.05, 3.63) is 66.2 Å². The molecule has 9 heteroatoms. The summed E-state index contributed by atoms with van der Waals surface area (Å²) in [6.07, 6.45) is 0.562. The molecule has 0 spiro atoms. The fraction of sp³-hybridized carbons (Fsp3) is 0.364. The van der Waals surface area contributed by atoms with Gasteiger partial charge in [-0.3, -0.25) is 9.59 Å². The number of aromatic amines is 1. The summed E-state index contributed by atoms with van der Waals surface area (Å²) in [6, 6.07) is 3.70. The first-order chi connectivity index (χ1) is 14.7. The number of aryl methyl sites for hydroxylation is 4. The largest absolute Gasteiger partial charge is 0.334 e. The molecule has 0 fully saturated rings. The van der Waals surface area contributed by atoms with Crippen LogP contribution in [0.1, 0.15) is 45.4 Å². The molecule has 0 radical (unpaired) electrons. The van der Waals surface area contributed by atoms with Crippen molar-refractivity contribution in [3.63, 3.8) is 0 Å². The van der Waals surface area contributed by atoms with Crippen molar-refractivity contribution in [2.75, 3.05) is 6.54 Å². The van der Waals surface area contributed by atoms with Crippen LogP contribution in [-0.2, 0) is 19.5 Å². The van der Waals surface area contributed by atoms with Crippen molar-refractivity contribution >= 4 is 29.1 Å². The van der Waals surface area contributed by atoms with Gasteiger partial charge in [-0.1, -0.05) is 28.4 Å². The molecule has 2 aromatic heterocycles. The Morgan fingerprint density at radius 3 is 2.58 bits per heavy atom. The van der Waals surface area contributed by atoms with E-state index in [0.717, 1.165) is 22.5 Å². The molecule has 1 N–H and O–H groups in total. The fourth-order valence-corrected chi connectivity index (χ4v) is 4.82. The molecular weight excluding hydrogens is 437 g/mol. The molecule has 1 aliphatic heterocycles. The van der Waals surface area contributed by atoms with Crippen LogP contribution in [0.3, 0.4) is 0 Å². The maximum atomic E-state index is 13.5. The Kier molecular flexibility index (Phi) is 5.66. The van der Waals surface area contributed by atoms with Crippen molar-refractivity contribution in [3.8, 4) is 11.3 Å². The average molecular weight is 460 g/mol. The quantitative estimate of drug-likeness (QED) is 0.636. The minimum atomic E-state index is -0.234. The number of carbonyl (C=O) groups excluding carboxylic acids is 1. The number of hydrogen-bond acceptors (Lipinski definition) is 4. The van der Waals surface area contributed by atoms with Gasteiger partial charge in [0.15, 0.2) is 0 Å². The Morgan fingerprint density at radius 1 is 1.16 bits per heavy atom. The molecule has 3 heterocycles. The van der Waals surface area contributed by atoms with E-state index in [-0.39, 0.29) is 18.0 Å². The second-order valence-corrected chi connectivity index (χ2v) is 8.62. The van der Waals surface area contributed by atoms with Gasteiger partial charge in [0.25, 0.3) is 11.5 Å². The smallest absolute Gasteiger partial charge is 0.256 e. The SMILES string of the molecule is CCn1nnc(C)c1-c1cc(Cl)c2c(c1Cl)C(=O)N(Cc1c(C)cc(C)[nH]c1=O)CC2. The third kappa shape index (κ3) is 3.66. The van der Waals surface area contributed by atoms with Crippen LogP contribution in [-0.4, -0.2) is 37.3 Å². The maximum Gasteiger partial charge on any atom is 0.256 e. The molecule has 3 aromatic rings. The van der Waals surface area contributed by atoms with Gasteiger partial charge >= 0.3 is 0 Å². The molecule has 162 valence electrons. The molecule has 7 nitrogen and oxygen atoms in total. The van der Waals surface area contributed by atoms with Crippen molar-refractivity contribution in [1.29, 1.82) is 0 Å². The van der Waals surface area contributed by atoms with E-state index in [2.05, 4.69) is 15.3 Å². The Morgan fingerprint density at radius 2 is 1.90 bits per heavy atom. The van der Waals surface area contributed by atoms with Crippen LogP contribution in [0.15, 0.2) is 16.9 Å². The van der Waals surface area contributed by atoms with Gasteiger partial charge in [-0.25, -0.2) is 4.68 Å². The molecule has 1 aromatic carbocycles. The van der Waals surface area contributed by atoms with Crippen LogP contribution in [0.5, 0.6) is 0 Å². The van der Waals surface area contributed by atoms with Crippen LogP contribution >= 0.6 is 23.2 Å². The summed E-state index contributed by atoms with van der Waals surface area (Å²) < 4.78 is 1.74. The second kappa shape index (κ2) is 8.13. The van der Waals surface area contributed by atoms with Crippen LogP contribution < -0.4 is 5.56 Å². The highest BCUT2D eigenvalue weighted by atomic mass is 35.5. The Hall–Kier alpha value is -2.64. The lowest BCUT2D eigenvalue weighted by atomic mass is 9.94. The van der Waals surface area contributed by atoms with Gasteiger partial charge in [-0.05, 0) is 57.4 Å². The zero-order valence-corrected chi connectivity index (χ0v) is 19.4. The summed E-state index contributed by atoms with van der Waals surface area (Å²) in [5.74, 6) is -0.234. The Labute approximate surface area is 190 Å². The third-order valence-corrected chi connectivity index (χ3v) is 6.48. The number of fused-ring (bicyclic) bond motifs is 1. The van der Waals surface area contributed by atoms with Gasteiger partial charge in [0.2, 0.25) is 0 Å². The second-order valence-electron chi connectivity index (χ2n) is 7.83. The van der Waals surface area contributed by atoms with Gasteiger partial charge in [-0.15, -0.1) is 5.10 Å². The van der Waals surface area contributed by atoms with Crippen LogP contribution in [0, 0.1) is 20.8 Å². The lowest BCUT2D eigenvalue weighted by molar-refractivity contribution is 0.0726. The maximum absolute atomic E-state index is 13.5. The first-order valence-corrected chi connectivity index (χ1v) is 10.9. The van der Waals surface area contributed by atoms with E-state index in [4.69, 9.17) is 23.2 Å². The zero-order valence-electron chi connectivity index (χ0n) is 17.8. The number of H-pyrrole nitrogens is 1. The number of hydrogen-bond donors (Lipinski definition) is 1. The van der Waals surface area contributed by atoms with Gasteiger partial charge < -0.3 is 9.88 Å². The topological polar surface area (TPSA) is 83.9 Å². The molecule has 0 bridgehead atoms. The van der Waals surface area contributed by atoms with Crippen LogP contribution in [0.25, 0.3) is 11.3 Å². The predicted molar refractivity (Wildman–Crippen MR) is 121 cm³/mol. The van der Waals surface area contributed by atoms with Gasteiger partial charge in [0.05, 0.1) is 28.5 Å². The number of halogens is 2. The molecule has 0 atom stereocenters. The summed E-state index contributed by atoms with van der Waals surface area (Å²) >= 11 is 13.4. The van der Waals surface area contributed by atoms with Gasteiger partial charge in [0, 0.05) is 34.9 Å². The normalized spacial score (nSPS) is 13.6. The summed E-state index contributed by atoms with van der Waals surface area (Å²) in [5, 5.41) is 9.11. The number of nitrogens with one attached hydrogen (secondary N) is 1. The Bertz CT molecular complexity index is 1260. The number of nitrogens with zero attached hydrogens (tertiary/aromatic N) is 4. The molecule has 1 aliphatic rings. The molecular formula is C22H23Cl2N5O2. The van der Waals surface area contributed by atoms with E-state index in [9.17, 15) is 9.59 Å². The van der Waals surface area contributed by atoms with Gasteiger partial charge in [-0.2, -0.15) is 0 Å². The van der Waals surface area contributed by atoms with Gasteiger partial charge in [0.1, 0.15) is 0 Å². The highest BCUT2D eigenvalue weighted by Gasteiger charge is 2.32. The van der Waals surface area contributed by atoms with E-state index in [0.29, 0.717) is 51.9 Å². The number of rotatable bonds is 4. The highest BCUT2D eigenvalue weighted by Crippen LogP contribution is 2.40. The molecule has 1 amide bonds. The molecule has 0 aliphatic carbocycles. The highest BCUT2D eigenvalue weighted by molar-refractivity contribution is 6.39. The fourth-order valence-electron chi connectivity index (χ4n) is 4.18. The number of aromatic nitrogens is 4. The lowest BCUT2D eigenvalue weighted by Crippen LogP contribution is -2.39. The monoisotopic (exact) mass is 459 g/mol. The van der Waals surface area contributed by atoms with Crippen LogP contribution in [0.4, 0.5) is 0 Å². The van der Waals surface area contributed by atoms with Crippen molar-refractivity contribution < 1.29 is 4.79 Å². The molecule has 0 saturated heterocycles. The summed E-state index contributed by atoms with van der Waals surface area (Å²) in [4.78, 5) is 30.4.